The van der Waals surface area contributed by atoms with E-state index in [9.17, 15) is 59.4 Å². The first-order valence-electron chi connectivity index (χ1n) is 54.8. The van der Waals surface area contributed by atoms with Crippen molar-refractivity contribution in [2.75, 3.05) is 157 Å². The van der Waals surface area contributed by atoms with Gasteiger partial charge in [-0.2, -0.15) is 0 Å². The second kappa shape index (κ2) is 96.6. The van der Waals surface area contributed by atoms with Crippen LogP contribution in [0.3, 0.4) is 0 Å². The summed E-state index contributed by atoms with van der Waals surface area (Å²) in [6.45, 7) is 90.1. The van der Waals surface area contributed by atoms with Crippen LogP contribution in [-0.2, 0) is 28.8 Å². The maximum Gasteiger partial charge on any atom is 0.114 e. The SMILES string of the molecule is CCCC[N+](CCCC)(CCCC)CCCC.CCCC[N+](CCCC)(CCCC)CCCC.CCCC[N+](CCCC)(CCCC)CCCC.CCCC[N+](CCCC)(CCCC)CCCC.CCCC[N+](CCCC)(CCCC)CCCC.CCCC[N+](CCCC)(CCCC)CCCC.O=C([O-])CC(O)(CC(=O)[O-])C(=O)[O-].O=C([O-])CC(O)(CC(=O)[O-])C(=O)[O-]. The van der Waals surface area contributed by atoms with Gasteiger partial charge in [-0.1, -0.05) is 320 Å². The molecule has 20 heteroatoms. The summed E-state index contributed by atoms with van der Waals surface area (Å²) in [5.74, 6) is -12.0. The zero-order chi connectivity index (χ0) is 99.2. The maximum absolute atomic E-state index is 10.1. The molecule has 0 saturated carbocycles. The second-order valence-electron chi connectivity index (χ2n) is 38.7. The molecule has 20 nitrogen and oxygen atoms in total. The van der Waals surface area contributed by atoms with Crippen molar-refractivity contribution in [3.8, 4) is 0 Å². The average molecular weight is 1830 g/mol. The third-order valence-corrected chi connectivity index (χ3v) is 26.2. The third kappa shape index (κ3) is 82.0. The first-order chi connectivity index (χ1) is 61.0. The maximum atomic E-state index is 10.1. The lowest BCUT2D eigenvalue weighted by Crippen LogP contribution is -2.54. The molecule has 0 aromatic rings. The quantitative estimate of drug-likeness (QED) is 0.0536. The molecule has 772 valence electrons. The summed E-state index contributed by atoms with van der Waals surface area (Å²) < 4.78 is 8.52. The Morgan fingerprint density at radius 1 is 0.156 bits per heavy atom. The van der Waals surface area contributed by atoms with E-state index in [-0.39, 0.29) is 0 Å². The zero-order valence-corrected chi connectivity index (χ0v) is 90.2. The number of hydrogen-bond acceptors (Lipinski definition) is 14. The van der Waals surface area contributed by atoms with Crippen molar-refractivity contribution >= 4 is 35.8 Å². The minimum atomic E-state index is -2.97. The van der Waals surface area contributed by atoms with Crippen LogP contribution in [0.5, 0.6) is 0 Å². The lowest BCUT2D eigenvalue weighted by atomic mass is 9.96. The molecule has 0 aliphatic rings. The molecular formula is C108H226N6O14. The number of rotatable bonds is 82. The zero-order valence-electron chi connectivity index (χ0n) is 90.2. The van der Waals surface area contributed by atoms with Crippen LogP contribution < -0.4 is 30.6 Å². The Hall–Kier alpha value is -3.50. The predicted octanol–water partition coefficient (Wildman–Crippen LogP) is 19.5. The van der Waals surface area contributed by atoms with Gasteiger partial charge in [0.25, 0.3) is 0 Å². The molecule has 0 fully saturated rings. The first kappa shape index (κ1) is 140. The van der Waals surface area contributed by atoms with E-state index in [2.05, 4.69) is 166 Å². The fraction of sp³-hybridized carbons (Fsp3) is 0.944. The number of carboxylic acid groups (broad SMARTS) is 6. The highest BCUT2D eigenvalue weighted by molar-refractivity contribution is 5.86. The van der Waals surface area contributed by atoms with Crippen molar-refractivity contribution in [1.29, 1.82) is 0 Å². The number of aliphatic carboxylic acids is 6. The van der Waals surface area contributed by atoms with E-state index in [1.54, 1.807) is 0 Å². The summed E-state index contributed by atoms with van der Waals surface area (Å²) in [5, 5.41) is 77.9. The van der Waals surface area contributed by atoms with Crippen LogP contribution in [0.25, 0.3) is 0 Å². The van der Waals surface area contributed by atoms with Gasteiger partial charge >= 0.3 is 0 Å². The van der Waals surface area contributed by atoms with Crippen LogP contribution in [-0.4, -0.2) is 241 Å². The number of nitrogens with zero attached hydrogens (tertiary/aromatic N) is 6. The van der Waals surface area contributed by atoms with E-state index in [0.29, 0.717) is 0 Å². The highest BCUT2D eigenvalue weighted by Crippen LogP contribution is 2.24. The van der Waals surface area contributed by atoms with Gasteiger partial charge in [0.05, 0.1) is 169 Å². The monoisotopic (exact) mass is 1830 g/mol. The minimum absolute atomic E-state index is 1.35. The van der Waals surface area contributed by atoms with Crippen LogP contribution in [0.2, 0.25) is 0 Å². The normalized spacial score (nSPS) is 11.8. The first-order valence-corrected chi connectivity index (χ1v) is 54.8. The van der Waals surface area contributed by atoms with Crippen molar-refractivity contribution in [3.05, 3.63) is 0 Å². The summed E-state index contributed by atoms with van der Waals surface area (Å²) in [6.07, 6.45) is 60.9. The summed E-state index contributed by atoms with van der Waals surface area (Å²) in [5.41, 5.74) is -5.95. The van der Waals surface area contributed by atoms with E-state index in [1.807, 2.05) is 0 Å². The molecule has 0 aliphatic heterocycles. The summed E-state index contributed by atoms with van der Waals surface area (Å²) >= 11 is 0. The summed E-state index contributed by atoms with van der Waals surface area (Å²) in [4.78, 5) is 60.0. The molecule has 0 bridgehead atoms. The largest absolute Gasteiger partial charge is 0.550 e. The minimum Gasteiger partial charge on any atom is -0.550 e. The Kier molecular flexibility index (Phi) is 106. The lowest BCUT2D eigenvalue weighted by molar-refractivity contribution is -0.929. The molecule has 0 rings (SSSR count). The Labute approximate surface area is 796 Å². The second-order valence-corrected chi connectivity index (χ2v) is 38.7. The van der Waals surface area contributed by atoms with E-state index in [1.165, 1.54) is 492 Å². The Morgan fingerprint density at radius 2 is 0.219 bits per heavy atom. The molecule has 0 aliphatic carbocycles. The third-order valence-electron chi connectivity index (χ3n) is 26.2. The molecule has 0 unspecified atom stereocenters. The van der Waals surface area contributed by atoms with Gasteiger partial charge in [0.1, 0.15) is 11.2 Å². The number of carbonyl (C=O) groups excluding carboxylic acids is 6. The van der Waals surface area contributed by atoms with Gasteiger partial charge in [0, 0.05) is 49.6 Å². The van der Waals surface area contributed by atoms with E-state index < -0.39 is 72.7 Å². The van der Waals surface area contributed by atoms with Gasteiger partial charge in [0.2, 0.25) is 0 Å². The smallest absolute Gasteiger partial charge is 0.114 e. The van der Waals surface area contributed by atoms with Gasteiger partial charge in [-0.3, -0.25) is 0 Å². The Balaban J connectivity index is -0.000000215. The van der Waals surface area contributed by atoms with Gasteiger partial charge in [0.15, 0.2) is 0 Å². The van der Waals surface area contributed by atoms with Gasteiger partial charge < -0.3 is 96.5 Å². The number of unbranched alkanes of at least 4 members (excludes halogenated alkanes) is 24. The molecule has 128 heavy (non-hydrogen) atoms. The molecule has 0 aromatic carbocycles. The standard InChI is InChI=1S/6C16H36N.2C6H8O7/c6*1-5-9-13-17(14-10-6-2,15-11-7-3)16-12-8-4;2*7-3(8)1-6(13,5(11)12)2-4(9)10/h6*5-16H2,1-4H3;2*13H,1-2H2,(H,7,8)(H,9,10)(H,11,12)/q6*+1;;/p-6. The van der Waals surface area contributed by atoms with Crippen LogP contribution in [0.1, 0.15) is 500 Å². The van der Waals surface area contributed by atoms with Gasteiger partial charge in [-0.05, 0) is 154 Å². The van der Waals surface area contributed by atoms with E-state index in [0.717, 1.165) is 0 Å². The summed E-state index contributed by atoms with van der Waals surface area (Å²) in [6, 6.07) is 0. The lowest BCUT2D eigenvalue weighted by Gasteiger charge is -2.39. The topological polar surface area (TPSA) is 281 Å². The van der Waals surface area contributed by atoms with Crippen molar-refractivity contribution < 1.29 is 96.5 Å². The molecule has 0 aromatic heterocycles. The van der Waals surface area contributed by atoms with E-state index in [4.69, 9.17) is 10.2 Å². The van der Waals surface area contributed by atoms with Gasteiger partial charge in [-0.15, -0.1) is 0 Å². The molecule has 0 heterocycles. The molecule has 0 amide bonds. The highest BCUT2D eigenvalue weighted by Gasteiger charge is 2.33. The number of quaternary nitrogens is 6. The number of hydrogen-bond donors (Lipinski definition) is 2. The fourth-order valence-electron chi connectivity index (χ4n) is 17.2. The van der Waals surface area contributed by atoms with Crippen molar-refractivity contribution in [2.24, 2.45) is 0 Å². The number of aliphatic hydroxyl groups is 2. The van der Waals surface area contributed by atoms with Crippen molar-refractivity contribution in [1.82, 2.24) is 0 Å². The fourth-order valence-corrected chi connectivity index (χ4v) is 17.2. The summed E-state index contributed by atoms with van der Waals surface area (Å²) in [7, 11) is 0. The molecule has 2 N–H and O–H groups in total. The van der Waals surface area contributed by atoms with Crippen molar-refractivity contribution in [3.63, 3.8) is 0 Å². The van der Waals surface area contributed by atoms with Crippen molar-refractivity contribution in [2.45, 2.75) is 511 Å². The highest BCUT2D eigenvalue weighted by atomic mass is 16.4. The van der Waals surface area contributed by atoms with Crippen LogP contribution in [0.4, 0.5) is 0 Å². The molecule has 0 spiro atoms. The number of carbonyl (C=O) groups is 6. The van der Waals surface area contributed by atoms with Crippen LogP contribution in [0.15, 0.2) is 0 Å². The Bertz CT molecular complexity index is 1810. The van der Waals surface area contributed by atoms with E-state index >= 15 is 0 Å². The molecule has 0 atom stereocenters. The molecule has 0 radical (unpaired) electrons. The molecular weight excluding hydrogens is 1610 g/mol. The Morgan fingerprint density at radius 3 is 0.258 bits per heavy atom. The van der Waals surface area contributed by atoms with Crippen LogP contribution >= 0.6 is 0 Å². The number of carboxylic acids is 6. The van der Waals surface area contributed by atoms with Crippen LogP contribution in [0, 0.1) is 0 Å². The average Bonchev–Trinajstić information content (AvgIpc) is 0.840. The predicted molar refractivity (Wildman–Crippen MR) is 535 cm³/mol. The van der Waals surface area contributed by atoms with Gasteiger partial charge in [-0.25, -0.2) is 0 Å². The molecule has 0 saturated heterocycles.